The number of carbonyl (C=O) groups is 1. The molecule has 0 radical (unpaired) electrons. The zero-order valence-electron chi connectivity index (χ0n) is 11.2. The third-order valence-electron chi connectivity index (χ3n) is 5.09. The second-order valence-corrected chi connectivity index (χ2v) is 6.02. The molecule has 4 rings (SSSR count). The lowest BCUT2D eigenvalue weighted by Crippen LogP contribution is -2.52. The van der Waals surface area contributed by atoms with Gasteiger partial charge in [-0.2, -0.15) is 0 Å². The van der Waals surface area contributed by atoms with Gasteiger partial charge in [-0.1, -0.05) is 24.3 Å². The second kappa shape index (κ2) is 4.07. The first-order chi connectivity index (χ1) is 9.25. The zero-order valence-corrected chi connectivity index (χ0v) is 11.2. The Bertz CT molecular complexity index is 527. The maximum Gasteiger partial charge on any atom is 0.310 e. The fourth-order valence-electron chi connectivity index (χ4n) is 4.28. The van der Waals surface area contributed by atoms with Gasteiger partial charge >= 0.3 is 5.97 Å². The Kier molecular flexibility index (Phi) is 2.46. The number of rotatable bonds is 0. The molecule has 1 aromatic rings. The molecular formula is C16H19NO2. The van der Waals surface area contributed by atoms with Gasteiger partial charge in [-0.15, -0.1) is 0 Å². The molecule has 3 aliphatic heterocycles. The van der Waals surface area contributed by atoms with Crippen molar-refractivity contribution in [1.29, 1.82) is 0 Å². The van der Waals surface area contributed by atoms with Gasteiger partial charge in [0.2, 0.25) is 0 Å². The van der Waals surface area contributed by atoms with Crippen molar-refractivity contribution in [2.24, 2.45) is 5.92 Å². The van der Waals surface area contributed by atoms with Crippen molar-refractivity contribution in [1.82, 2.24) is 4.90 Å². The van der Waals surface area contributed by atoms with Crippen molar-refractivity contribution < 1.29 is 9.53 Å². The van der Waals surface area contributed by atoms with E-state index in [2.05, 4.69) is 29.2 Å². The van der Waals surface area contributed by atoms with E-state index >= 15 is 0 Å². The summed E-state index contributed by atoms with van der Waals surface area (Å²) in [5, 5.41) is 0. The van der Waals surface area contributed by atoms with Gasteiger partial charge in [0, 0.05) is 12.6 Å². The highest BCUT2D eigenvalue weighted by Gasteiger charge is 2.51. The number of ether oxygens (including phenoxy) is 1. The smallest absolute Gasteiger partial charge is 0.310 e. The molecule has 0 bridgehead atoms. The normalized spacial score (nSPS) is 37.2. The molecule has 19 heavy (non-hydrogen) atoms. The number of nitrogens with zero attached hydrogens (tertiary/aromatic N) is 1. The second-order valence-electron chi connectivity index (χ2n) is 6.02. The molecule has 0 spiro atoms. The molecular weight excluding hydrogens is 238 g/mol. The van der Waals surface area contributed by atoms with E-state index in [0.717, 1.165) is 25.8 Å². The summed E-state index contributed by atoms with van der Waals surface area (Å²) in [4.78, 5) is 14.4. The average Bonchev–Trinajstić information content (AvgIpc) is 2.74. The monoisotopic (exact) mass is 257 g/mol. The Balaban J connectivity index is 1.72. The van der Waals surface area contributed by atoms with E-state index in [1.807, 2.05) is 6.92 Å². The Morgan fingerprint density at radius 3 is 3.00 bits per heavy atom. The largest absolute Gasteiger partial charge is 0.461 e. The van der Waals surface area contributed by atoms with E-state index in [0.29, 0.717) is 12.1 Å². The molecule has 0 saturated carbocycles. The van der Waals surface area contributed by atoms with Crippen molar-refractivity contribution in [3.8, 4) is 0 Å². The molecule has 3 heteroatoms. The number of cyclic esters (lactones) is 1. The molecule has 0 aromatic heterocycles. The van der Waals surface area contributed by atoms with E-state index in [4.69, 9.17) is 4.74 Å². The van der Waals surface area contributed by atoms with Crippen LogP contribution < -0.4 is 0 Å². The minimum absolute atomic E-state index is 0.0230. The standard InChI is InChI=1S/C16H19NO2/c1-10-15-13(16(18)19-10)6-7-14-12-5-3-2-4-11(12)8-9-17(14)15/h2-5,10,13-15H,6-9H2,1H3/t10-,13?,14?,15?/m1/s1. The lowest BCUT2D eigenvalue weighted by molar-refractivity contribution is -0.144. The Morgan fingerprint density at radius 2 is 2.11 bits per heavy atom. The molecule has 100 valence electrons. The lowest BCUT2D eigenvalue weighted by atomic mass is 9.79. The van der Waals surface area contributed by atoms with Gasteiger partial charge in [0.1, 0.15) is 6.10 Å². The molecule has 3 aliphatic rings. The average molecular weight is 257 g/mol. The maximum absolute atomic E-state index is 11.9. The predicted molar refractivity (Wildman–Crippen MR) is 71.7 cm³/mol. The van der Waals surface area contributed by atoms with Crippen LogP contribution in [0.5, 0.6) is 0 Å². The van der Waals surface area contributed by atoms with Crippen LogP contribution in [0.15, 0.2) is 24.3 Å². The fraction of sp³-hybridized carbons (Fsp3) is 0.562. The van der Waals surface area contributed by atoms with Crippen LogP contribution >= 0.6 is 0 Å². The highest BCUT2D eigenvalue weighted by atomic mass is 16.6. The third-order valence-corrected chi connectivity index (χ3v) is 5.09. The number of esters is 1. The highest BCUT2D eigenvalue weighted by molar-refractivity contribution is 5.76. The molecule has 0 N–H and O–H groups in total. The maximum atomic E-state index is 11.9. The summed E-state index contributed by atoms with van der Waals surface area (Å²) in [6.45, 7) is 3.11. The van der Waals surface area contributed by atoms with Crippen molar-refractivity contribution in [2.45, 2.75) is 44.4 Å². The summed E-state index contributed by atoms with van der Waals surface area (Å²) in [5.74, 6) is 0.131. The number of hydrogen-bond acceptors (Lipinski definition) is 3. The minimum atomic E-state index is 0.0230. The minimum Gasteiger partial charge on any atom is -0.461 e. The molecule has 2 fully saturated rings. The van der Waals surface area contributed by atoms with Gasteiger partial charge in [0.15, 0.2) is 0 Å². The van der Waals surface area contributed by atoms with Gasteiger partial charge in [-0.3, -0.25) is 9.69 Å². The topological polar surface area (TPSA) is 29.5 Å². The fourth-order valence-corrected chi connectivity index (χ4v) is 4.28. The van der Waals surface area contributed by atoms with E-state index in [-0.39, 0.29) is 18.0 Å². The predicted octanol–water partition coefficient (Wildman–Crippen LogP) is 2.31. The number of benzene rings is 1. The molecule has 3 heterocycles. The van der Waals surface area contributed by atoms with Crippen LogP contribution in [0.3, 0.4) is 0 Å². The number of carbonyl (C=O) groups excluding carboxylic acids is 1. The summed E-state index contributed by atoms with van der Waals surface area (Å²) in [5.41, 5.74) is 2.96. The zero-order chi connectivity index (χ0) is 13.0. The van der Waals surface area contributed by atoms with Crippen LogP contribution in [0.4, 0.5) is 0 Å². The first kappa shape index (κ1) is 11.5. The summed E-state index contributed by atoms with van der Waals surface area (Å²) in [6, 6.07) is 9.55. The quantitative estimate of drug-likeness (QED) is 0.668. The molecule has 3 unspecified atom stereocenters. The van der Waals surface area contributed by atoms with E-state index in [1.54, 1.807) is 0 Å². The van der Waals surface area contributed by atoms with Crippen LogP contribution in [-0.4, -0.2) is 29.6 Å². The van der Waals surface area contributed by atoms with E-state index in [1.165, 1.54) is 11.1 Å². The molecule has 0 aliphatic carbocycles. The highest BCUT2D eigenvalue weighted by Crippen LogP contribution is 2.45. The Labute approximate surface area is 113 Å². The summed E-state index contributed by atoms with van der Waals surface area (Å²) in [7, 11) is 0. The molecule has 3 nitrogen and oxygen atoms in total. The first-order valence-corrected chi connectivity index (χ1v) is 7.30. The Morgan fingerprint density at radius 1 is 1.26 bits per heavy atom. The number of piperidine rings is 1. The summed E-state index contributed by atoms with van der Waals surface area (Å²) >= 11 is 0. The first-order valence-electron chi connectivity index (χ1n) is 7.30. The van der Waals surface area contributed by atoms with E-state index in [9.17, 15) is 4.79 Å². The van der Waals surface area contributed by atoms with Gasteiger partial charge in [0.25, 0.3) is 0 Å². The Hall–Kier alpha value is -1.35. The van der Waals surface area contributed by atoms with Gasteiger partial charge < -0.3 is 4.74 Å². The molecule has 0 amide bonds. The SMILES string of the molecule is C[C@H]1OC(=O)C2CCC3c4ccccc4CCN3C21. The van der Waals surface area contributed by atoms with Crippen LogP contribution in [0.25, 0.3) is 0 Å². The molecule has 2 saturated heterocycles. The molecule has 1 aromatic carbocycles. The molecule has 4 atom stereocenters. The van der Waals surface area contributed by atoms with Gasteiger partial charge in [0.05, 0.1) is 12.0 Å². The summed E-state index contributed by atoms with van der Waals surface area (Å²) < 4.78 is 5.46. The van der Waals surface area contributed by atoms with Crippen molar-refractivity contribution in [2.75, 3.05) is 6.54 Å². The third kappa shape index (κ3) is 1.57. The number of hydrogen-bond donors (Lipinski definition) is 0. The van der Waals surface area contributed by atoms with E-state index < -0.39 is 0 Å². The van der Waals surface area contributed by atoms with Crippen molar-refractivity contribution in [3.05, 3.63) is 35.4 Å². The van der Waals surface area contributed by atoms with Crippen LogP contribution in [0, 0.1) is 5.92 Å². The van der Waals surface area contributed by atoms with Crippen molar-refractivity contribution >= 4 is 5.97 Å². The van der Waals surface area contributed by atoms with Crippen LogP contribution in [0.1, 0.15) is 36.9 Å². The summed E-state index contributed by atoms with van der Waals surface area (Å²) in [6.07, 6.45) is 3.20. The van der Waals surface area contributed by atoms with Crippen molar-refractivity contribution in [3.63, 3.8) is 0 Å². The van der Waals surface area contributed by atoms with Crippen LogP contribution in [0.2, 0.25) is 0 Å². The number of fused-ring (bicyclic) bond motifs is 5. The lowest BCUT2D eigenvalue weighted by Gasteiger charge is -2.46. The van der Waals surface area contributed by atoms with Crippen LogP contribution in [-0.2, 0) is 16.0 Å². The van der Waals surface area contributed by atoms with Gasteiger partial charge in [-0.25, -0.2) is 0 Å². The van der Waals surface area contributed by atoms with Gasteiger partial charge in [-0.05, 0) is 37.3 Å².